The zero-order valence-electron chi connectivity index (χ0n) is 19.3. The van der Waals surface area contributed by atoms with Gasteiger partial charge >= 0.3 is 0 Å². The Balaban J connectivity index is 1.71. The normalized spacial score (nSPS) is 16.5. The number of carbonyl (C=O) groups is 2. The lowest BCUT2D eigenvalue weighted by Gasteiger charge is -2.28. The molecule has 0 aliphatic carbocycles. The van der Waals surface area contributed by atoms with Gasteiger partial charge < -0.3 is 9.52 Å². The minimum Gasteiger partial charge on any atom is -0.503 e. The largest absolute Gasteiger partial charge is 0.503 e. The summed E-state index contributed by atoms with van der Waals surface area (Å²) >= 11 is 0. The second kappa shape index (κ2) is 8.03. The second-order valence-corrected chi connectivity index (χ2v) is 9.52. The number of carbonyl (C=O) groups excluding carboxylic acids is 2. The van der Waals surface area contributed by atoms with E-state index in [4.69, 9.17) is 4.42 Å². The lowest BCUT2D eigenvalue weighted by atomic mass is 9.85. The van der Waals surface area contributed by atoms with E-state index in [1.807, 2.05) is 66.7 Å². The number of Topliss-reactive ketones (excluding diaryl/α,β-unsaturated/α-hetero) is 1. The highest BCUT2D eigenvalue weighted by Gasteiger charge is 2.45. The highest BCUT2D eigenvalue weighted by atomic mass is 16.3. The van der Waals surface area contributed by atoms with Crippen LogP contribution in [0.3, 0.4) is 0 Å². The predicted octanol–water partition coefficient (Wildman–Crippen LogP) is 6.51. The van der Waals surface area contributed by atoms with Gasteiger partial charge in [-0.2, -0.15) is 0 Å². The number of hydrogen-bond acceptors (Lipinski definition) is 4. The van der Waals surface area contributed by atoms with Crippen molar-refractivity contribution in [1.82, 2.24) is 0 Å². The Hall–Kier alpha value is -4.12. The third-order valence-corrected chi connectivity index (χ3v) is 6.32. The van der Waals surface area contributed by atoms with Crippen LogP contribution in [0.25, 0.3) is 10.8 Å². The summed E-state index contributed by atoms with van der Waals surface area (Å²) in [6.45, 7) is 6.38. The molecule has 1 atom stereocenters. The monoisotopic (exact) mass is 451 g/mol. The van der Waals surface area contributed by atoms with Crippen LogP contribution in [-0.2, 0) is 10.2 Å². The van der Waals surface area contributed by atoms with Crippen molar-refractivity contribution >= 4 is 28.2 Å². The third-order valence-electron chi connectivity index (χ3n) is 6.32. The fourth-order valence-electron chi connectivity index (χ4n) is 4.53. The van der Waals surface area contributed by atoms with E-state index >= 15 is 0 Å². The molecule has 0 saturated heterocycles. The molecule has 0 fully saturated rings. The number of aliphatic hydroxyl groups excluding tert-OH is 1. The maximum absolute atomic E-state index is 13.5. The molecule has 1 unspecified atom stereocenters. The van der Waals surface area contributed by atoms with Crippen molar-refractivity contribution in [2.75, 3.05) is 4.90 Å². The molecule has 5 heteroatoms. The first-order valence-electron chi connectivity index (χ1n) is 11.2. The fourth-order valence-corrected chi connectivity index (χ4v) is 4.53. The van der Waals surface area contributed by atoms with Crippen LogP contribution in [0.5, 0.6) is 0 Å². The van der Waals surface area contributed by atoms with Gasteiger partial charge in [0, 0.05) is 5.39 Å². The molecule has 0 saturated carbocycles. The van der Waals surface area contributed by atoms with Crippen LogP contribution >= 0.6 is 0 Å². The average Bonchev–Trinajstić information content (AvgIpc) is 3.45. The Morgan fingerprint density at radius 3 is 2.29 bits per heavy atom. The van der Waals surface area contributed by atoms with Crippen molar-refractivity contribution in [2.24, 2.45) is 0 Å². The van der Waals surface area contributed by atoms with Gasteiger partial charge in [0.05, 0.1) is 23.6 Å². The number of amides is 1. The van der Waals surface area contributed by atoms with Crippen molar-refractivity contribution in [2.45, 2.75) is 32.2 Å². The first-order chi connectivity index (χ1) is 16.3. The maximum Gasteiger partial charge on any atom is 0.294 e. The zero-order chi connectivity index (χ0) is 24.0. The summed E-state index contributed by atoms with van der Waals surface area (Å²) in [6.07, 6.45) is 1.40. The van der Waals surface area contributed by atoms with E-state index < -0.39 is 23.5 Å². The zero-order valence-corrected chi connectivity index (χ0v) is 19.3. The molecule has 1 N–H and O–H groups in total. The van der Waals surface area contributed by atoms with Gasteiger partial charge in [-0.15, -0.1) is 0 Å². The quantitative estimate of drug-likeness (QED) is 0.359. The molecular formula is C29H25NO4. The molecule has 0 radical (unpaired) electrons. The van der Waals surface area contributed by atoms with Gasteiger partial charge in [-0.3, -0.25) is 14.5 Å². The maximum atomic E-state index is 13.5. The molecule has 5 nitrogen and oxygen atoms in total. The molecule has 4 aromatic rings. The number of aliphatic hydroxyl groups is 1. The summed E-state index contributed by atoms with van der Waals surface area (Å²) in [7, 11) is 0. The van der Waals surface area contributed by atoms with Crippen molar-refractivity contribution in [3.05, 3.63) is 113 Å². The van der Waals surface area contributed by atoms with Gasteiger partial charge in [0.15, 0.2) is 11.5 Å². The number of fused-ring (bicyclic) bond motifs is 1. The first kappa shape index (κ1) is 21.7. The van der Waals surface area contributed by atoms with Gasteiger partial charge in [0.2, 0.25) is 5.78 Å². The Bertz CT molecular complexity index is 1420. The van der Waals surface area contributed by atoms with Crippen molar-refractivity contribution in [3.8, 4) is 0 Å². The molecule has 2 heterocycles. The molecule has 1 aliphatic heterocycles. The van der Waals surface area contributed by atoms with Crippen molar-refractivity contribution in [1.29, 1.82) is 0 Å². The topological polar surface area (TPSA) is 70.7 Å². The second-order valence-electron chi connectivity index (χ2n) is 9.52. The van der Waals surface area contributed by atoms with Crippen LogP contribution < -0.4 is 4.90 Å². The highest BCUT2D eigenvalue weighted by Crippen LogP contribution is 2.44. The Kier molecular flexibility index (Phi) is 5.13. The molecule has 0 bridgehead atoms. The number of nitrogens with zero attached hydrogens (tertiary/aromatic N) is 1. The molecule has 1 amide bonds. The molecule has 1 aliphatic rings. The molecular weight excluding hydrogens is 426 g/mol. The van der Waals surface area contributed by atoms with Crippen LogP contribution in [0.4, 0.5) is 5.69 Å². The summed E-state index contributed by atoms with van der Waals surface area (Å²) in [5.41, 5.74) is 2.44. The van der Waals surface area contributed by atoms with Gasteiger partial charge in [-0.1, -0.05) is 81.4 Å². The van der Waals surface area contributed by atoms with Gasteiger partial charge in [0.25, 0.3) is 5.91 Å². The van der Waals surface area contributed by atoms with Crippen LogP contribution in [0.15, 0.2) is 101 Å². The molecule has 170 valence electrons. The van der Waals surface area contributed by atoms with Crippen molar-refractivity contribution < 1.29 is 19.1 Å². The van der Waals surface area contributed by atoms with Crippen LogP contribution in [0.2, 0.25) is 0 Å². The minimum atomic E-state index is -0.801. The van der Waals surface area contributed by atoms with Gasteiger partial charge in [-0.05, 0) is 40.1 Å². The SMILES string of the molecule is CC(C)(C)c1ccc(C2C(C(=O)c3ccco3)=C(O)C(=O)N2c2cccc3ccccc23)cc1. The first-order valence-corrected chi connectivity index (χ1v) is 11.2. The summed E-state index contributed by atoms with van der Waals surface area (Å²) in [5.74, 6) is -1.61. The predicted molar refractivity (Wildman–Crippen MR) is 132 cm³/mol. The van der Waals surface area contributed by atoms with E-state index in [-0.39, 0.29) is 16.7 Å². The van der Waals surface area contributed by atoms with E-state index in [1.54, 1.807) is 6.07 Å². The lowest BCUT2D eigenvalue weighted by molar-refractivity contribution is -0.117. The average molecular weight is 452 g/mol. The minimum absolute atomic E-state index is 0.0105. The molecule has 1 aromatic heterocycles. The third kappa shape index (κ3) is 3.50. The van der Waals surface area contributed by atoms with E-state index in [2.05, 4.69) is 20.8 Å². The smallest absolute Gasteiger partial charge is 0.294 e. The van der Waals surface area contributed by atoms with Crippen LogP contribution in [0.1, 0.15) is 48.5 Å². The highest BCUT2D eigenvalue weighted by molar-refractivity contribution is 6.21. The van der Waals surface area contributed by atoms with Crippen molar-refractivity contribution in [3.63, 3.8) is 0 Å². The van der Waals surface area contributed by atoms with Gasteiger partial charge in [0.1, 0.15) is 0 Å². The Morgan fingerprint density at radius 2 is 1.62 bits per heavy atom. The number of hydrogen-bond donors (Lipinski definition) is 1. The summed E-state index contributed by atoms with van der Waals surface area (Å²) in [4.78, 5) is 28.4. The van der Waals surface area contributed by atoms with E-state index in [0.29, 0.717) is 5.69 Å². The molecule has 34 heavy (non-hydrogen) atoms. The fraction of sp³-hybridized carbons (Fsp3) is 0.172. The Morgan fingerprint density at radius 1 is 0.912 bits per heavy atom. The number of rotatable bonds is 4. The van der Waals surface area contributed by atoms with Gasteiger partial charge in [-0.25, -0.2) is 0 Å². The summed E-state index contributed by atoms with van der Waals surface area (Å²) in [5, 5.41) is 12.8. The van der Waals surface area contributed by atoms with E-state index in [1.165, 1.54) is 17.2 Å². The summed E-state index contributed by atoms with van der Waals surface area (Å²) < 4.78 is 5.33. The van der Waals surface area contributed by atoms with Crippen LogP contribution in [-0.4, -0.2) is 16.8 Å². The Labute approximate surface area is 197 Å². The number of anilines is 1. The standard InChI is InChI=1S/C29H25NO4/c1-29(2,3)20-15-13-19(14-16-20)25-24(26(31)23-12-7-17-34-23)27(32)28(33)30(25)22-11-6-9-18-8-4-5-10-21(18)22/h4-17,25,32H,1-3H3. The van der Waals surface area contributed by atoms with E-state index in [9.17, 15) is 14.7 Å². The lowest BCUT2D eigenvalue weighted by Crippen LogP contribution is -2.31. The summed E-state index contributed by atoms with van der Waals surface area (Å²) in [6, 6.07) is 23.6. The number of ketones is 1. The number of furan rings is 1. The molecule has 0 spiro atoms. The molecule has 5 rings (SSSR count). The number of benzene rings is 3. The van der Waals surface area contributed by atoms with E-state index in [0.717, 1.165) is 21.9 Å². The molecule has 3 aromatic carbocycles. The van der Waals surface area contributed by atoms with Crippen LogP contribution in [0, 0.1) is 0 Å².